The van der Waals surface area contributed by atoms with Crippen LogP contribution in [0.25, 0.3) is 0 Å². The van der Waals surface area contributed by atoms with Crippen LogP contribution >= 0.6 is 0 Å². The zero-order chi connectivity index (χ0) is 14.8. The number of rotatable bonds is 4. The largest absolute Gasteiger partial charge is 0.454 e. The fourth-order valence-corrected chi connectivity index (χ4v) is 2.78. The molecule has 1 aromatic carbocycles. The summed E-state index contributed by atoms with van der Waals surface area (Å²) in [7, 11) is 0. The Labute approximate surface area is 121 Å². The van der Waals surface area contributed by atoms with E-state index in [1.165, 1.54) is 0 Å². The van der Waals surface area contributed by atoms with Crippen molar-refractivity contribution in [2.75, 3.05) is 13.3 Å². The summed E-state index contributed by atoms with van der Waals surface area (Å²) in [6.45, 7) is -0.141. The van der Waals surface area contributed by atoms with E-state index in [1.807, 2.05) is 6.08 Å². The van der Waals surface area contributed by atoms with Gasteiger partial charge in [0.05, 0.1) is 5.92 Å². The van der Waals surface area contributed by atoms with Crippen LogP contribution in [0, 0.1) is 10.1 Å². The smallest absolute Gasteiger partial charge is 0.231 e. The lowest BCUT2D eigenvalue weighted by Crippen LogP contribution is -2.21. The molecule has 0 fully saturated rings. The third-order valence-electron chi connectivity index (χ3n) is 3.80. The van der Waals surface area contributed by atoms with E-state index < -0.39 is 5.92 Å². The number of hydrogen-bond donors (Lipinski definition) is 0. The molecule has 1 aliphatic carbocycles. The number of ether oxygens (including phenoxy) is 2. The number of benzene rings is 1. The Hall–Kier alpha value is -2.37. The van der Waals surface area contributed by atoms with Gasteiger partial charge in [-0.25, -0.2) is 0 Å². The maximum atomic E-state index is 12.1. The highest BCUT2D eigenvalue weighted by Gasteiger charge is 2.29. The van der Waals surface area contributed by atoms with E-state index in [0.717, 1.165) is 18.4 Å². The fourth-order valence-electron chi connectivity index (χ4n) is 2.78. The van der Waals surface area contributed by atoms with Crippen molar-refractivity contribution in [2.24, 2.45) is 0 Å². The van der Waals surface area contributed by atoms with Gasteiger partial charge in [0.25, 0.3) is 0 Å². The molecule has 0 aromatic heterocycles. The van der Waals surface area contributed by atoms with E-state index in [9.17, 15) is 14.9 Å². The molecular weight excluding hydrogens is 274 g/mol. The third kappa shape index (κ3) is 2.74. The minimum atomic E-state index is -0.526. The van der Waals surface area contributed by atoms with Crippen molar-refractivity contribution in [3.05, 3.63) is 45.5 Å². The molecule has 21 heavy (non-hydrogen) atoms. The number of fused-ring (bicyclic) bond motifs is 1. The van der Waals surface area contributed by atoms with Crippen molar-refractivity contribution < 1.29 is 19.2 Å². The number of nitro groups is 1. The Bertz CT molecular complexity index is 622. The van der Waals surface area contributed by atoms with E-state index in [0.29, 0.717) is 23.5 Å². The summed E-state index contributed by atoms with van der Waals surface area (Å²) in [6, 6.07) is 5.24. The lowest BCUT2D eigenvalue weighted by Gasteiger charge is -2.19. The Morgan fingerprint density at radius 3 is 2.86 bits per heavy atom. The van der Waals surface area contributed by atoms with Crippen molar-refractivity contribution in [1.82, 2.24) is 0 Å². The molecule has 0 saturated carbocycles. The Morgan fingerprint density at radius 1 is 1.29 bits per heavy atom. The molecule has 0 radical (unpaired) electrons. The molecule has 2 aliphatic rings. The summed E-state index contributed by atoms with van der Waals surface area (Å²) in [5.74, 6) is 0.681. The predicted molar refractivity (Wildman–Crippen MR) is 74.1 cm³/mol. The molecule has 3 rings (SSSR count). The normalized spacial score (nSPS) is 18.3. The van der Waals surface area contributed by atoms with Gasteiger partial charge in [0.1, 0.15) is 0 Å². The molecular formula is C15H15NO5. The number of allylic oxidation sites excluding steroid dienone is 1. The van der Waals surface area contributed by atoms with Crippen molar-refractivity contribution in [2.45, 2.75) is 25.2 Å². The van der Waals surface area contributed by atoms with E-state index in [2.05, 4.69) is 0 Å². The molecule has 0 bridgehead atoms. The molecule has 1 atom stereocenters. The second kappa shape index (κ2) is 5.55. The summed E-state index contributed by atoms with van der Waals surface area (Å²) < 4.78 is 10.6. The van der Waals surface area contributed by atoms with Crippen LogP contribution in [0.15, 0.2) is 29.8 Å². The third-order valence-corrected chi connectivity index (χ3v) is 3.80. The van der Waals surface area contributed by atoms with Crippen LogP contribution in [-0.4, -0.2) is 24.0 Å². The molecule has 110 valence electrons. The van der Waals surface area contributed by atoms with E-state index in [-0.39, 0.29) is 24.0 Å². The summed E-state index contributed by atoms with van der Waals surface area (Å²) in [5, 5.41) is 11.0. The monoisotopic (exact) mass is 289 g/mol. The minimum absolute atomic E-state index is 0.00534. The average molecular weight is 289 g/mol. The zero-order valence-electron chi connectivity index (χ0n) is 11.4. The van der Waals surface area contributed by atoms with Gasteiger partial charge in [0.2, 0.25) is 13.3 Å². The van der Waals surface area contributed by atoms with Gasteiger partial charge in [0.15, 0.2) is 17.3 Å². The first-order valence-corrected chi connectivity index (χ1v) is 6.90. The number of ketones is 1. The van der Waals surface area contributed by atoms with Crippen molar-refractivity contribution in [1.29, 1.82) is 0 Å². The molecule has 1 heterocycles. The maximum absolute atomic E-state index is 12.1. The van der Waals surface area contributed by atoms with Gasteiger partial charge in [0, 0.05) is 16.9 Å². The Morgan fingerprint density at radius 2 is 2.10 bits per heavy atom. The number of Topliss-reactive ketones (excluding diaryl/α,β-unsaturated/α-hetero) is 1. The van der Waals surface area contributed by atoms with Gasteiger partial charge < -0.3 is 9.47 Å². The second-order valence-electron chi connectivity index (χ2n) is 5.16. The first kappa shape index (κ1) is 13.6. The fraction of sp³-hybridized carbons (Fsp3) is 0.400. The van der Waals surface area contributed by atoms with Crippen LogP contribution in [-0.2, 0) is 4.79 Å². The molecule has 0 amide bonds. The Kier molecular flexibility index (Phi) is 3.60. The van der Waals surface area contributed by atoms with Gasteiger partial charge in [-0.15, -0.1) is 0 Å². The summed E-state index contributed by atoms with van der Waals surface area (Å²) in [5.41, 5.74) is 1.27. The summed E-state index contributed by atoms with van der Waals surface area (Å²) >= 11 is 0. The molecule has 1 aromatic rings. The topological polar surface area (TPSA) is 78.7 Å². The summed E-state index contributed by atoms with van der Waals surface area (Å²) in [4.78, 5) is 22.7. The van der Waals surface area contributed by atoms with Crippen LogP contribution < -0.4 is 9.47 Å². The van der Waals surface area contributed by atoms with Crippen LogP contribution in [0.3, 0.4) is 0 Å². The molecule has 6 nitrogen and oxygen atoms in total. The molecule has 0 N–H and O–H groups in total. The van der Waals surface area contributed by atoms with Gasteiger partial charge in [-0.05, 0) is 30.5 Å². The highest BCUT2D eigenvalue weighted by atomic mass is 16.7. The van der Waals surface area contributed by atoms with Crippen LogP contribution in [0.4, 0.5) is 0 Å². The van der Waals surface area contributed by atoms with Crippen LogP contribution in [0.1, 0.15) is 30.7 Å². The van der Waals surface area contributed by atoms with Gasteiger partial charge in [-0.1, -0.05) is 12.1 Å². The number of carbonyl (C=O) groups excluding carboxylic acids is 1. The average Bonchev–Trinajstić information content (AvgIpc) is 2.93. The molecule has 0 spiro atoms. The molecule has 1 unspecified atom stereocenters. The van der Waals surface area contributed by atoms with Crippen LogP contribution in [0.5, 0.6) is 11.5 Å². The SMILES string of the molecule is O=C1CCCC=C1C(C[N+](=O)[O-])c1ccc2c(c1)OCO2. The van der Waals surface area contributed by atoms with E-state index in [1.54, 1.807) is 18.2 Å². The lowest BCUT2D eigenvalue weighted by atomic mass is 9.83. The second-order valence-corrected chi connectivity index (χ2v) is 5.16. The summed E-state index contributed by atoms with van der Waals surface area (Å²) in [6.07, 6.45) is 3.91. The van der Waals surface area contributed by atoms with Gasteiger partial charge in [-0.2, -0.15) is 0 Å². The molecule has 1 aliphatic heterocycles. The Balaban J connectivity index is 1.97. The highest BCUT2D eigenvalue weighted by Crippen LogP contribution is 2.37. The van der Waals surface area contributed by atoms with Crippen molar-refractivity contribution >= 4 is 5.78 Å². The first-order chi connectivity index (χ1) is 10.1. The van der Waals surface area contributed by atoms with Crippen molar-refractivity contribution in [3.8, 4) is 11.5 Å². The maximum Gasteiger partial charge on any atom is 0.231 e. The molecule has 0 saturated heterocycles. The first-order valence-electron chi connectivity index (χ1n) is 6.90. The van der Waals surface area contributed by atoms with Gasteiger partial charge in [-0.3, -0.25) is 14.9 Å². The quantitative estimate of drug-likeness (QED) is 0.628. The number of carbonyl (C=O) groups is 1. The zero-order valence-corrected chi connectivity index (χ0v) is 11.4. The van der Waals surface area contributed by atoms with E-state index in [4.69, 9.17) is 9.47 Å². The minimum Gasteiger partial charge on any atom is -0.454 e. The molecule has 6 heteroatoms. The number of hydrogen-bond acceptors (Lipinski definition) is 5. The predicted octanol–water partition coefficient (Wildman–Crippen LogP) is 2.46. The standard InChI is InChI=1S/C15H15NO5/c17-13-4-2-1-3-11(13)12(8-16(18)19)10-5-6-14-15(7-10)21-9-20-14/h3,5-7,12H,1-2,4,8-9H2. The van der Waals surface area contributed by atoms with Crippen molar-refractivity contribution in [3.63, 3.8) is 0 Å². The van der Waals surface area contributed by atoms with Crippen LogP contribution in [0.2, 0.25) is 0 Å². The highest BCUT2D eigenvalue weighted by molar-refractivity contribution is 5.97. The van der Waals surface area contributed by atoms with E-state index >= 15 is 0 Å². The van der Waals surface area contributed by atoms with Gasteiger partial charge >= 0.3 is 0 Å². The lowest BCUT2D eigenvalue weighted by molar-refractivity contribution is -0.481. The number of nitrogens with zero attached hydrogens (tertiary/aromatic N) is 1.